The fraction of sp³-hybridized carbons (Fsp3) is 0.824. The Morgan fingerprint density at radius 2 is 1.75 bits per heavy atom. The maximum Gasteiger partial charge on any atom is 0.166 e. The first-order valence-electron chi connectivity index (χ1n) is 7.92. The summed E-state index contributed by atoms with van der Waals surface area (Å²) in [6, 6.07) is 0. The lowest BCUT2D eigenvalue weighted by molar-refractivity contribution is -0.111. The van der Waals surface area contributed by atoms with E-state index in [2.05, 4.69) is 31.1 Å². The fourth-order valence-corrected chi connectivity index (χ4v) is 6.39. The zero-order chi connectivity index (χ0) is 14.6. The van der Waals surface area contributed by atoms with Gasteiger partial charge in [-0.1, -0.05) is 26.0 Å². The Kier molecular flexibility index (Phi) is 3.20. The lowest BCUT2D eigenvalue weighted by Crippen LogP contribution is -2.66. The molecule has 4 fully saturated rings. The predicted octanol–water partition coefficient (Wildman–Crippen LogP) is 3.78. The van der Waals surface area contributed by atoms with E-state index in [0.717, 1.165) is 23.1 Å². The van der Waals surface area contributed by atoms with E-state index in [-0.39, 0.29) is 5.54 Å². The van der Waals surface area contributed by atoms with Gasteiger partial charge in [0.05, 0.1) is 0 Å². The second-order valence-corrected chi connectivity index (χ2v) is 9.08. The molecule has 0 aromatic heterocycles. The standard InChI is InChI=1S/C17H28N2S/c1-12(2)8-18-14(20)19-17-7-13-5-15(3,10-17)9-16(4,6-13)11-17/h13H,1,5-11H2,2-4H3,(H2,18,19,20)/t13?,15-,16-,17?/m1/s1. The quantitative estimate of drug-likeness (QED) is 0.611. The molecule has 4 bridgehead atoms. The first-order valence-corrected chi connectivity index (χ1v) is 8.33. The molecule has 112 valence electrons. The number of rotatable bonds is 3. The molecule has 20 heavy (non-hydrogen) atoms. The molecule has 0 amide bonds. The second kappa shape index (κ2) is 4.46. The van der Waals surface area contributed by atoms with Gasteiger partial charge >= 0.3 is 0 Å². The van der Waals surface area contributed by atoms with Crippen molar-refractivity contribution in [1.29, 1.82) is 0 Å². The van der Waals surface area contributed by atoms with Crippen LogP contribution in [0.25, 0.3) is 0 Å². The van der Waals surface area contributed by atoms with Gasteiger partial charge in [-0.2, -0.15) is 0 Å². The van der Waals surface area contributed by atoms with E-state index in [1.54, 1.807) is 0 Å². The van der Waals surface area contributed by atoms with Gasteiger partial charge in [-0.05, 0) is 74.4 Å². The molecule has 0 aromatic rings. The van der Waals surface area contributed by atoms with Crippen LogP contribution in [-0.2, 0) is 0 Å². The molecule has 3 heteroatoms. The van der Waals surface area contributed by atoms with E-state index in [1.807, 2.05) is 6.92 Å². The zero-order valence-corrected chi connectivity index (χ0v) is 14.0. The molecule has 0 unspecified atom stereocenters. The summed E-state index contributed by atoms with van der Waals surface area (Å²) in [5, 5.41) is 7.83. The van der Waals surface area contributed by atoms with Crippen molar-refractivity contribution in [3.05, 3.63) is 12.2 Å². The molecule has 2 N–H and O–H groups in total. The molecule has 4 rings (SSSR count). The van der Waals surface area contributed by atoms with Crippen molar-refractivity contribution in [2.75, 3.05) is 6.54 Å². The fourth-order valence-electron chi connectivity index (χ4n) is 6.10. The van der Waals surface area contributed by atoms with Crippen LogP contribution in [0, 0.1) is 16.7 Å². The third-order valence-corrected chi connectivity index (χ3v) is 5.80. The van der Waals surface area contributed by atoms with Gasteiger partial charge in [-0.15, -0.1) is 0 Å². The van der Waals surface area contributed by atoms with Crippen LogP contribution < -0.4 is 10.6 Å². The first-order chi connectivity index (χ1) is 9.22. The van der Waals surface area contributed by atoms with Gasteiger partial charge in [-0.3, -0.25) is 0 Å². The Morgan fingerprint density at radius 1 is 1.15 bits per heavy atom. The molecular weight excluding hydrogens is 264 g/mol. The molecule has 0 aliphatic heterocycles. The van der Waals surface area contributed by atoms with Crippen LogP contribution in [-0.4, -0.2) is 17.2 Å². The minimum atomic E-state index is 0.252. The largest absolute Gasteiger partial charge is 0.359 e. The number of hydrogen-bond donors (Lipinski definition) is 2. The lowest BCUT2D eigenvalue weighted by Gasteiger charge is -2.65. The van der Waals surface area contributed by atoms with Gasteiger partial charge in [0, 0.05) is 12.1 Å². The van der Waals surface area contributed by atoms with Gasteiger partial charge in [0.2, 0.25) is 0 Å². The molecule has 0 heterocycles. The van der Waals surface area contributed by atoms with Crippen molar-refractivity contribution in [2.24, 2.45) is 16.7 Å². The topological polar surface area (TPSA) is 24.1 Å². The maximum atomic E-state index is 5.52. The summed E-state index contributed by atoms with van der Waals surface area (Å²) in [6.45, 7) is 11.7. The summed E-state index contributed by atoms with van der Waals surface area (Å²) in [5.74, 6) is 0.901. The number of thiocarbonyl (C=S) groups is 1. The van der Waals surface area contributed by atoms with Crippen LogP contribution in [0.1, 0.15) is 59.3 Å². The van der Waals surface area contributed by atoms with Crippen molar-refractivity contribution in [3.63, 3.8) is 0 Å². The van der Waals surface area contributed by atoms with Crippen molar-refractivity contribution in [1.82, 2.24) is 10.6 Å². The minimum Gasteiger partial charge on any atom is -0.359 e. The van der Waals surface area contributed by atoms with Crippen molar-refractivity contribution in [3.8, 4) is 0 Å². The molecule has 2 atom stereocenters. The highest BCUT2D eigenvalue weighted by Gasteiger charge is 2.60. The lowest BCUT2D eigenvalue weighted by atomic mass is 9.43. The van der Waals surface area contributed by atoms with Gasteiger partial charge in [0.25, 0.3) is 0 Å². The molecule has 0 radical (unpaired) electrons. The normalized spacial score (nSPS) is 45.2. The first kappa shape index (κ1) is 14.4. The zero-order valence-electron chi connectivity index (χ0n) is 13.1. The Balaban J connectivity index is 1.72. The third-order valence-electron chi connectivity index (χ3n) is 5.56. The third kappa shape index (κ3) is 2.61. The Hall–Kier alpha value is -0.570. The summed E-state index contributed by atoms with van der Waals surface area (Å²) in [4.78, 5) is 0. The van der Waals surface area contributed by atoms with Crippen LogP contribution in [0.4, 0.5) is 0 Å². The Labute approximate surface area is 128 Å². The molecule has 0 saturated heterocycles. The second-order valence-electron chi connectivity index (χ2n) is 8.68. The summed E-state index contributed by atoms with van der Waals surface area (Å²) >= 11 is 5.52. The molecule has 4 aliphatic rings. The van der Waals surface area contributed by atoms with E-state index in [0.29, 0.717) is 10.8 Å². The predicted molar refractivity (Wildman–Crippen MR) is 88.7 cm³/mol. The van der Waals surface area contributed by atoms with Crippen LogP contribution in [0.15, 0.2) is 12.2 Å². The van der Waals surface area contributed by atoms with E-state index >= 15 is 0 Å². The molecule has 2 nitrogen and oxygen atoms in total. The van der Waals surface area contributed by atoms with Gasteiger partial charge in [0.1, 0.15) is 0 Å². The molecule has 4 saturated carbocycles. The monoisotopic (exact) mass is 292 g/mol. The summed E-state index contributed by atoms with van der Waals surface area (Å²) < 4.78 is 0. The van der Waals surface area contributed by atoms with Crippen molar-refractivity contribution in [2.45, 2.75) is 64.8 Å². The van der Waals surface area contributed by atoms with Crippen molar-refractivity contribution >= 4 is 17.3 Å². The van der Waals surface area contributed by atoms with E-state index in [4.69, 9.17) is 12.2 Å². The highest BCUT2D eigenvalue weighted by molar-refractivity contribution is 7.80. The summed E-state index contributed by atoms with van der Waals surface area (Å²) in [6.07, 6.45) is 8.16. The van der Waals surface area contributed by atoms with Gasteiger partial charge in [0.15, 0.2) is 5.11 Å². The molecule has 0 spiro atoms. The highest BCUT2D eigenvalue weighted by Crippen LogP contribution is 2.66. The maximum absolute atomic E-state index is 5.52. The Morgan fingerprint density at radius 3 is 2.25 bits per heavy atom. The molecule has 0 aromatic carbocycles. The molecular formula is C17H28N2S. The minimum absolute atomic E-state index is 0.252. The SMILES string of the molecule is C=C(C)CNC(=S)NC12CC3C[C@@](C)(C1)C[C@@](C)(C3)C2. The van der Waals surface area contributed by atoms with Crippen LogP contribution in [0.2, 0.25) is 0 Å². The summed E-state index contributed by atoms with van der Waals surface area (Å²) in [5.41, 5.74) is 2.44. The van der Waals surface area contributed by atoms with Crippen molar-refractivity contribution < 1.29 is 0 Å². The number of nitrogens with one attached hydrogen (secondary N) is 2. The average molecular weight is 292 g/mol. The Bertz CT molecular complexity index is 438. The van der Waals surface area contributed by atoms with Gasteiger partial charge < -0.3 is 10.6 Å². The van der Waals surface area contributed by atoms with E-state index < -0.39 is 0 Å². The van der Waals surface area contributed by atoms with E-state index in [9.17, 15) is 0 Å². The van der Waals surface area contributed by atoms with Gasteiger partial charge in [-0.25, -0.2) is 0 Å². The van der Waals surface area contributed by atoms with Crippen LogP contribution >= 0.6 is 12.2 Å². The average Bonchev–Trinajstić information content (AvgIpc) is 2.20. The van der Waals surface area contributed by atoms with Crippen LogP contribution in [0.5, 0.6) is 0 Å². The molecule has 4 aliphatic carbocycles. The van der Waals surface area contributed by atoms with Crippen LogP contribution in [0.3, 0.4) is 0 Å². The smallest absolute Gasteiger partial charge is 0.166 e. The summed E-state index contributed by atoms with van der Waals surface area (Å²) in [7, 11) is 0. The van der Waals surface area contributed by atoms with E-state index in [1.165, 1.54) is 38.5 Å². The number of hydrogen-bond acceptors (Lipinski definition) is 1. The highest BCUT2D eigenvalue weighted by atomic mass is 32.1.